The van der Waals surface area contributed by atoms with Gasteiger partial charge in [0.05, 0.1) is 91.8 Å². The molecule has 7 unspecified atom stereocenters. The Morgan fingerprint density at radius 1 is 0.739 bits per heavy atom. The van der Waals surface area contributed by atoms with Gasteiger partial charge in [-0.1, -0.05) is 92.0 Å². The highest BCUT2D eigenvalue weighted by atomic mass is 32.2. The SMILES string of the molecule is C[C@H]1C[C@H](O)[C@@H](C)/C=C/C=C/C=C/C=C/C=C/C=C/C=C/C(O[C@@H]2OC[C@@H](O)[C@H](N)[C@@H]2O)C[C@@H]2OC(O)(CC(O)CC(O)C(O)CCC(O)CC(O)CC(=O)O1)C[C@H](O)[C@H]2C(=O)NCCS(N)(=O)=O. The number of carbonyl (C=O) groups is 2. The van der Waals surface area contributed by atoms with Crippen LogP contribution in [0.25, 0.3) is 0 Å². The molecular weight excluding hydrogens is 927 g/mol. The number of fused-ring (bicyclic) bond motifs is 2. The lowest BCUT2D eigenvalue weighted by atomic mass is 9.82. The summed E-state index contributed by atoms with van der Waals surface area (Å²) < 4.78 is 46.3. The second kappa shape index (κ2) is 29.7. The Labute approximate surface area is 403 Å². The number of rotatable bonds is 6. The number of esters is 1. The van der Waals surface area contributed by atoms with Crippen LogP contribution in [0.1, 0.15) is 71.6 Å². The highest BCUT2D eigenvalue weighted by Gasteiger charge is 2.50. The Kier molecular flexibility index (Phi) is 25.8. The predicted molar refractivity (Wildman–Crippen MR) is 251 cm³/mol. The molecule has 0 aromatic rings. The molecule has 3 aliphatic rings. The van der Waals surface area contributed by atoms with Gasteiger partial charge in [-0.2, -0.15) is 0 Å². The summed E-state index contributed by atoms with van der Waals surface area (Å²) in [7, 11) is -4.00. The van der Waals surface area contributed by atoms with Gasteiger partial charge >= 0.3 is 5.97 Å². The molecule has 2 fully saturated rings. The fourth-order valence-corrected chi connectivity index (χ4v) is 8.33. The number of hydrogen-bond donors (Lipinski definition) is 13. The molecule has 392 valence electrons. The van der Waals surface area contributed by atoms with Crippen LogP contribution in [0.2, 0.25) is 0 Å². The minimum atomic E-state index is -4.00. The van der Waals surface area contributed by atoms with Crippen LogP contribution in [-0.4, -0.2) is 182 Å². The van der Waals surface area contributed by atoms with Gasteiger partial charge < -0.3 is 81.1 Å². The normalized spacial score (nSPS) is 41.6. The average molecular weight is 1000 g/mol. The summed E-state index contributed by atoms with van der Waals surface area (Å²) >= 11 is 0. The fourth-order valence-electron chi connectivity index (χ4n) is 7.94. The van der Waals surface area contributed by atoms with Gasteiger partial charge in [0.15, 0.2) is 12.1 Å². The van der Waals surface area contributed by atoms with E-state index in [9.17, 15) is 69.1 Å². The second-order valence-electron chi connectivity index (χ2n) is 18.0. The maximum absolute atomic E-state index is 13.6. The van der Waals surface area contributed by atoms with Crippen LogP contribution in [0.15, 0.2) is 85.1 Å². The molecule has 0 aromatic carbocycles. The number of cyclic esters (lactones) is 1. The van der Waals surface area contributed by atoms with Gasteiger partial charge in [-0.25, -0.2) is 13.6 Å². The van der Waals surface area contributed by atoms with E-state index in [0.717, 1.165) is 0 Å². The Morgan fingerprint density at radius 2 is 1.33 bits per heavy atom. The summed E-state index contributed by atoms with van der Waals surface area (Å²) in [6, 6.07) is -1.16. The maximum Gasteiger partial charge on any atom is 0.308 e. The molecule has 3 heterocycles. The summed E-state index contributed by atoms with van der Waals surface area (Å²) in [6.45, 7) is 2.69. The van der Waals surface area contributed by atoms with Crippen LogP contribution in [0, 0.1) is 11.8 Å². The molecule has 0 aromatic heterocycles. The maximum atomic E-state index is 13.6. The van der Waals surface area contributed by atoms with Crippen LogP contribution in [0.4, 0.5) is 0 Å². The minimum Gasteiger partial charge on any atom is -0.462 e. The van der Waals surface area contributed by atoms with Crippen molar-refractivity contribution < 1.29 is 88.0 Å². The van der Waals surface area contributed by atoms with Crippen LogP contribution < -0.4 is 16.2 Å². The smallest absolute Gasteiger partial charge is 0.308 e. The lowest BCUT2D eigenvalue weighted by Gasteiger charge is -2.45. The molecule has 0 radical (unpaired) electrons. The molecule has 0 saturated carbocycles. The van der Waals surface area contributed by atoms with E-state index >= 15 is 0 Å². The van der Waals surface area contributed by atoms with Crippen molar-refractivity contribution >= 4 is 21.9 Å². The van der Waals surface area contributed by atoms with Crippen molar-refractivity contribution in [3.63, 3.8) is 0 Å². The summed E-state index contributed by atoms with van der Waals surface area (Å²) in [4.78, 5) is 26.1. The predicted octanol–water partition coefficient (Wildman–Crippen LogP) is -1.60. The standard InChI is InChI=1S/C47H75N3O18S/c1-29-15-13-11-9-7-5-3-4-6-8-10-12-14-16-34(67-46-44(60)43(48)39(58)28-65-46)25-40-42(45(61)50-19-20-69(49,63)64)38(57)27-47(62,68-40)26-33(53)23-37(56)35(54)18-17-31(51)22-32(52)24-41(59)66-30(2)21-36(29)55/h3-16,29-40,42-44,46,51-58,60,62H,17-28,48H2,1-2H3,(H,50,61)(H2,49,63,64)/b4-3+,7-5+,8-6+,11-9+,12-10+,15-13+,16-14+/t29-,30-,31?,32?,33?,34?,35?,36-,37?,38-,39+,40-,42+,43-,44-,46-,47?/m0/s1. The van der Waals surface area contributed by atoms with Gasteiger partial charge in [0.1, 0.15) is 12.2 Å². The highest BCUT2D eigenvalue weighted by Crippen LogP contribution is 2.38. The van der Waals surface area contributed by atoms with E-state index < -0.39 is 157 Å². The monoisotopic (exact) mass is 1000 g/mol. The number of carbonyl (C=O) groups excluding carboxylic acids is 2. The van der Waals surface area contributed by atoms with Crippen molar-refractivity contribution in [2.45, 2.75) is 163 Å². The average Bonchev–Trinajstić information content (AvgIpc) is 3.24. The van der Waals surface area contributed by atoms with E-state index in [0.29, 0.717) is 0 Å². The van der Waals surface area contributed by atoms with Gasteiger partial charge in [0.25, 0.3) is 0 Å². The van der Waals surface area contributed by atoms with E-state index in [1.807, 2.05) is 6.92 Å². The van der Waals surface area contributed by atoms with Crippen LogP contribution in [-0.2, 0) is 38.6 Å². The number of nitrogens with one attached hydrogen (secondary N) is 1. The third-order valence-corrected chi connectivity index (χ3v) is 12.5. The number of aliphatic hydroxyl groups excluding tert-OH is 9. The van der Waals surface area contributed by atoms with E-state index in [4.69, 9.17) is 29.8 Å². The van der Waals surface area contributed by atoms with E-state index in [-0.39, 0.29) is 44.6 Å². The summed E-state index contributed by atoms with van der Waals surface area (Å²) in [5, 5.41) is 116. The van der Waals surface area contributed by atoms with Gasteiger partial charge in [0, 0.05) is 44.6 Å². The Morgan fingerprint density at radius 3 is 1.94 bits per heavy atom. The molecule has 3 rings (SSSR count). The lowest BCUT2D eigenvalue weighted by molar-refractivity contribution is -0.304. The molecule has 21 nitrogen and oxygen atoms in total. The first-order valence-electron chi connectivity index (χ1n) is 23.2. The lowest BCUT2D eigenvalue weighted by Crippen LogP contribution is -2.59. The quantitative estimate of drug-likeness (QED) is 0.133. The summed E-state index contributed by atoms with van der Waals surface area (Å²) in [6.07, 6.45) is 3.94. The van der Waals surface area contributed by atoms with Crippen molar-refractivity contribution in [2.24, 2.45) is 22.7 Å². The number of aliphatic hydroxyl groups is 10. The van der Waals surface area contributed by atoms with Crippen LogP contribution >= 0.6 is 0 Å². The molecule has 0 aliphatic carbocycles. The summed E-state index contributed by atoms with van der Waals surface area (Å²) in [5.74, 6) is -6.38. The zero-order valence-corrected chi connectivity index (χ0v) is 39.9. The van der Waals surface area contributed by atoms with E-state index in [2.05, 4.69) is 5.32 Å². The number of allylic oxidation sites excluding steroid dienone is 12. The molecule has 69 heavy (non-hydrogen) atoms. The molecule has 1 amide bonds. The number of ether oxygens (including phenoxy) is 4. The second-order valence-corrected chi connectivity index (χ2v) is 19.7. The number of hydrogen-bond acceptors (Lipinski definition) is 19. The van der Waals surface area contributed by atoms with E-state index in [1.165, 1.54) is 6.08 Å². The zero-order chi connectivity index (χ0) is 51.3. The van der Waals surface area contributed by atoms with Crippen molar-refractivity contribution in [1.29, 1.82) is 0 Å². The first-order chi connectivity index (χ1) is 32.5. The molecule has 22 heteroatoms. The molecule has 0 spiro atoms. The molecule has 15 N–H and O–H groups in total. The van der Waals surface area contributed by atoms with E-state index in [1.54, 1.807) is 85.9 Å². The molecule has 2 saturated heterocycles. The molecular formula is C47H75N3O18S. The van der Waals surface area contributed by atoms with Gasteiger partial charge in [-0.05, 0) is 26.2 Å². The molecule has 2 bridgehead atoms. The minimum absolute atomic E-state index is 0.127. The van der Waals surface area contributed by atoms with Crippen LogP contribution in [0.3, 0.4) is 0 Å². The first-order valence-corrected chi connectivity index (χ1v) is 24.9. The Bertz CT molecular complexity index is 1900. The van der Waals surface area contributed by atoms with Crippen molar-refractivity contribution in [2.75, 3.05) is 18.9 Å². The summed E-state index contributed by atoms with van der Waals surface area (Å²) in [5.41, 5.74) is 5.97. The van der Waals surface area contributed by atoms with Gasteiger partial charge in [0.2, 0.25) is 15.9 Å². The van der Waals surface area contributed by atoms with Gasteiger partial charge in [-0.3, -0.25) is 9.59 Å². The van der Waals surface area contributed by atoms with Crippen molar-refractivity contribution in [3.05, 3.63) is 85.1 Å². The van der Waals surface area contributed by atoms with Gasteiger partial charge in [-0.15, -0.1) is 0 Å². The highest BCUT2D eigenvalue weighted by molar-refractivity contribution is 7.89. The first kappa shape index (κ1) is 59.8. The third kappa shape index (κ3) is 22.6. The molecule has 3 aliphatic heterocycles. The third-order valence-electron chi connectivity index (χ3n) is 11.8. The number of amides is 1. The number of sulfonamides is 1. The zero-order valence-electron chi connectivity index (χ0n) is 39.1. The Balaban J connectivity index is 1.91. The number of nitrogens with two attached hydrogens (primary N) is 2. The topological polar surface area (TPSA) is 372 Å². The molecule has 17 atom stereocenters. The Hall–Kier alpha value is -3.53. The van der Waals surface area contributed by atoms with Crippen LogP contribution in [0.5, 0.6) is 0 Å². The number of primary sulfonamides is 1. The van der Waals surface area contributed by atoms with Crippen molar-refractivity contribution in [3.8, 4) is 0 Å². The largest absolute Gasteiger partial charge is 0.462 e. The fraction of sp³-hybridized carbons (Fsp3) is 0.660. The van der Waals surface area contributed by atoms with Crippen molar-refractivity contribution in [1.82, 2.24) is 5.32 Å².